The van der Waals surface area contributed by atoms with E-state index in [4.69, 9.17) is 0 Å². The fourth-order valence-corrected chi connectivity index (χ4v) is 2.66. The zero-order chi connectivity index (χ0) is 17.2. The van der Waals surface area contributed by atoms with Crippen LogP contribution in [0.4, 0.5) is 0 Å². The fourth-order valence-electron chi connectivity index (χ4n) is 2.66. The van der Waals surface area contributed by atoms with Crippen LogP contribution < -0.4 is 5.32 Å². The number of aromatic nitrogens is 4. The zero-order valence-electron chi connectivity index (χ0n) is 14.2. The standard InChI is InChI=1S/C18H23N5O/c1-13-4-6-14(7-5-13)17-15(9-20-22-17)8-19-12-18(2,24)16-10-21-23(3)11-16/h4-7,9-11,19,24H,8,12H2,1-3H3,(H,20,22). The van der Waals surface area contributed by atoms with Crippen LogP contribution >= 0.6 is 0 Å². The van der Waals surface area contributed by atoms with Crippen molar-refractivity contribution < 1.29 is 5.11 Å². The molecule has 0 aliphatic carbocycles. The Bertz CT molecular complexity index is 801. The molecule has 0 saturated heterocycles. The molecule has 1 atom stereocenters. The van der Waals surface area contributed by atoms with Crippen molar-refractivity contribution in [3.8, 4) is 11.3 Å². The smallest absolute Gasteiger partial charge is 0.102 e. The number of nitrogens with zero attached hydrogens (tertiary/aromatic N) is 3. The van der Waals surface area contributed by atoms with Gasteiger partial charge in [0, 0.05) is 37.5 Å². The molecule has 24 heavy (non-hydrogen) atoms. The number of rotatable bonds is 6. The van der Waals surface area contributed by atoms with E-state index in [0.717, 1.165) is 22.4 Å². The van der Waals surface area contributed by atoms with E-state index in [1.165, 1.54) is 5.56 Å². The first-order chi connectivity index (χ1) is 11.5. The molecule has 3 rings (SSSR count). The predicted octanol–water partition coefficient (Wildman–Crippen LogP) is 2.12. The van der Waals surface area contributed by atoms with Crippen molar-refractivity contribution in [3.05, 3.63) is 59.5 Å². The van der Waals surface area contributed by atoms with Gasteiger partial charge in [0.05, 0.1) is 18.1 Å². The van der Waals surface area contributed by atoms with Crippen LogP contribution in [0.5, 0.6) is 0 Å². The average molecular weight is 325 g/mol. The molecule has 1 unspecified atom stereocenters. The van der Waals surface area contributed by atoms with Gasteiger partial charge in [-0.15, -0.1) is 0 Å². The molecule has 6 heteroatoms. The van der Waals surface area contributed by atoms with Gasteiger partial charge in [0.25, 0.3) is 0 Å². The van der Waals surface area contributed by atoms with Crippen LogP contribution in [-0.2, 0) is 19.2 Å². The van der Waals surface area contributed by atoms with Gasteiger partial charge in [0.2, 0.25) is 0 Å². The maximum absolute atomic E-state index is 10.6. The van der Waals surface area contributed by atoms with Gasteiger partial charge < -0.3 is 10.4 Å². The summed E-state index contributed by atoms with van der Waals surface area (Å²) in [6, 6.07) is 8.33. The van der Waals surface area contributed by atoms with Crippen molar-refractivity contribution in [3.63, 3.8) is 0 Å². The molecule has 0 aliphatic heterocycles. The van der Waals surface area contributed by atoms with E-state index in [-0.39, 0.29) is 0 Å². The highest BCUT2D eigenvalue weighted by Gasteiger charge is 2.24. The van der Waals surface area contributed by atoms with E-state index >= 15 is 0 Å². The van der Waals surface area contributed by atoms with E-state index in [2.05, 4.69) is 51.8 Å². The molecule has 0 fully saturated rings. The number of aryl methyl sites for hydroxylation is 2. The molecule has 0 spiro atoms. The summed E-state index contributed by atoms with van der Waals surface area (Å²) in [5.74, 6) is 0. The average Bonchev–Trinajstić information content (AvgIpc) is 3.17. The van der Waals surface area contributed by atoms with Gasteiger partial charge in [0.15, 0.2) is 0 Å². The summed E-state index contributed by atoms with van der Waals surface area (Å²) in [7, 11) is 1.84. The van der Waals surface area contributed by atoms with Crippen molar-refractivity contribution in [1.29, 1.82) is 0 Å². The monoisotopic (exact) mass is 325 g/mol. The number of hydrogen-bond acceptors (Lipinski definition) is 4. The van der Waals surface area contributed by atoms with E-state index in [0.29, 0.717) is 13.1 Å². The molecule has 3 N–H and O–H groups in total. The number of aliphatic hydroxyl groups is 1. The summed E-state index contributed by atoms with van der Waals surface area (Å²) in [5.41, 5.74) is 4.23. The molecule has 2 heterocycles. The number of nitrogens with one attached hydrogen (secondary N) is 2. The molecule has 0 saturated carbocycles. The predicted molar refractivity (Wildman–Crippen MR) is 93.2 cm³/mol. The van der Waals surface area contributed by atoms with Gasteiger partial charge >= 0.3 is 0 Å². The molecule has 0 bridgehead atoms. The maximum atomic E-state index is 10.6. The first kappa shape index (κ1) is 16.4. The molecule has 1 aromatic carbocycles. The molecule has 0 amide bonds. The van der Waals surface area contributed by atoms with Crippen molar-refractivity contribution in [2.45, 2.75) is 26.0 Å². The molecular formula is C18H23N5O. The Morgan fingerprint density at radius 1 is 1.25 bits per heavy atom. The van der Waals surface area contributed by atoms with Gasteiger partial charge in [-0.1, -0.05) is 29.8 Å². The van der Waals surface area contributed by atoms with Crippen LogP contribution in [0.25, 0.3) is 11.3 Å². The Balaban J connectivity index is 1.66. The van der Waals surface area contributed by atoms with Gasteiger partial charge in [-0.05, 0) is 19.4 Å². The topological polar surface area (TPSA) is 78.8 Å². The number of hydrogen-bond donors (Lipinski definition) is 3. The van der Waals surface area contributed by atoms with Crippen molar-refractivity contribution in [2.24, 2.45) is 7.05 Å². The fraction of sp³-hybridized carbons (Fsp3) is 0.333. The minimum Gasteiger partial charge on any atom is -0.384 e. The zero-order valence-corrected chi connectivity index (χ0v) is 14.2. The Morgan fingerprint density at radius 3 is 2.67 bits per heavy atom. The summed E-state index contributed by atoms with van der Waals surface area (Å²) in [6.07, 6.45) is 5.34. The third-order valence-electron chi connectivity index (χ3n) is 4.17. The summed E-state index contributed by atoms with van der Waals surface area (Å²) < 4.78 is 1.69. The van der Waals surface area contributed by atoms with Crippen LogP contribution in [0.2, 0.25) is 0 Å². The first-order valence-corrected chi connectivity index (χ1v) is 7.97. The highest BCUT2D eigenvalue weighted by atomic mass is 16.3. The van der Waals surface area contributed by atoms with Gasteiger partial charge in [0.1, 0.15) is 5.60 Å². The van der Waals surface area contributed by atoms with Crippen molar-refractivity contribution in [2.75, 3.05) is 6.54 Å². The van der Waals surface area contributed by atoms with E-state index in [1.807, 2.05) is 19.4 Å². The highest BCUT2D eigenvalue weighted by Crippen LogP contribution is 2.22. The number of H-pyrrole nitrogens is 1. The Kier molecular flexibility index (Phi) is 4.51. The molecule has 0 radical (unpaired) electrons. The Hall–Kier alpha value is -2.44. The molecule has 2 aromatic heterocycles. The van der Waals surface area contributed by atoms with Crippen LogP contribution in [0.15, 0.2) is 42.9 Å². The molecule has 6 nitrogen and oxygen atoms in total. The summed E-state index contributed by atoms with van der Waals surface area (Å²) in [4.78, 5) is 0. The van der Waals surface area contributed by atoms with Crippen LogP contribution in [0.1, 0.15) is 23.6 Å². The third kappa shape index (κ3) is 3.55. The van der Waals surface area contributed by atoms with Crippen LogP contribution in [0.3, 0.4) is 0 Å². The molecule has 3 aromatic rings. The normalized spacial score (nSPS) is 13.8. The SMILES string of the molecule is Cc1ccc(-c2[nH]ncc2CNCC(C)(O)c2cnn(C)c2)cc1. The van der Waals surface area contributed by atoms with E-state index in [9.17, 15) is 5.11 Å². The third-order valence-corrected chi connectivity index (χ3v) is 4.17. The lowest BCUT2D eigenvalue weighted by atomic mass is 9.99. The second-order valence-electron chi connectivity index (χ2n) is 6.42. The minimum absolute atomic E-state index is 0.428. The first-order valence-electron chi connectivity index (χ1n) is 7.97. The quantitative estimate of drug-likeness (QED) is 0.648. The van der Waals surface area contributed by atoms with Crippen molar-refractivity contribution >= 4 is 0 Å². The largest absolute Gasteiger partial charge is 0.384 e. The summed E-state index contributed by atoms with van der Waals surface area (Å²) in [5, 5.41) is 25.2. The van der Waals surface area contributed by atoms with E-state index in [1.54, 1.807) is 17.8 Å². The lowest BCUT2D eigenvalue weighted by Gasteiger charge is -2.22. The molecule has 126 valence electrons. The number of aromatic amines is 1. The van der Waals surface area contributed by atoms with Gasteiger partial charge in [-0.25, -0.2) is 0 Å². The summed E-state index contributed by atoms with van der Waals surface area (Å²) >= 11 is 0. The second kappa shape index (κ2) is 6.59. The minimum atomic E-state index is -0.970. The lowest BCUT2D eigenvalue weighted by molar-refractivity contribution is 0.0566. The van der Waals surface area contributed by atoms with E-state index < -0.39 is 5.60 Å². The van der Waals surface area contributed by atoms with Crippen LogP contribution in [0, 0.1) is 6.92 Å². The van der Waals surface area contributed by atoms with Gasteiger partial charge in [-0.2, -0.15) is 10.2 Å². The Labute approximate surface area is 141 Å². The van der Waals surface area contributed by atoms with Crippen LogP contribution in [-0.4, -0.2) is 31.6 Å². The molecule has 0 aliphatic rings. The Morgan fingerprint density at radius 2 is 2.00 bits per heavy atom. The molecular weight excluding hydrogens is 302 g/mol. The summed E-state index contributed by atoms with van der Waals surface area (Å²) in [6.45, 7) is 4.90. The second-order valence-corrected chi connectivity index (χ2v) is 6.42. The highest BCUT2D eigenvalue weighted by molar-refractivity contribution is 5.62. The maximum Gasteiger partial charge on any atom is 0.102 e. The van der Waals surface area contributed by atoms with Gasteiger partial charge in [-0.3, -0.25) is 9.78 Å². The number of benzene rings is 1. The van der Waals surface area contributed by atoms with Crippen molar-refractivity contribution in [1.82, 2.24) is 25.3 Å². The lowest BCUT2D eigenvalue weighted by Crippen LogP contribution is -2.34.